The molecule has 0 saturated heterocycles. The number of halogens is 5. The first kappa shape index (κ1) is 51.5. The van der Waals surface area contributed by atoms with Crippen molar-refractivity contribution in [2.75, 3.05) is 12.7 Å². The minimum atomic E-state index is -6.00. The van der Waals surface area contributed by atoms with Gasteiger partial charge in [-0.2, -0.15) is 0 Å². The van der Waals surface area contributed by atoms with E-state index in [0.29, 0.717) is 0 Å². The first-order valence-electron chi connectivity index (χ1n) is 22.2. The molecule has 1 nitrogen and oxygen atoms in total. The van der Waals surface area contributed by atoms with E-state index in [-0.39, 0.29) is 7.92 Å². The molecule has 0 aliphatic heterocycles. The van der Waals surface area contributed by atoms with Gasteiger partial charge in [0.25, 0.3) is 0 Å². The number of fused-ring (bicyclic) bond motifs is 2. The van der Waals surface area contributed by atoms with Gasteiger partial charge in [0.15, 0.2) is 0 Å². The summed E-state index contributed by atoms with van der Waals surface area (Å²) < 4.78 is 39.0. The van der Waals surface area contributed by atoms with Crippen LogP contribution in [0.5, 0.6) is 0 Å². The molecule has 10 aromatic carbocycles. The van der Waals surface area contributed by atoms with E-state index in [1.165, 1.54) is 75.1 Å². The molecule has 11 heteroatoms. The second kappa shape index (κ2) is 26.0. The average molecular weight is 1080 g/mol. The van der Waals surface area contributed by atoms with E-state index in [2.05, 4.69) is 264 Å². The molecule has 0 radical (unpaired) electrons. The molecule has 0 fully saturated rings. The monoisotopic (exact) mass is 1080 g/mol. The molecule has 0 spiro atoms. The van der Waals surface area contributed by atoms with E-state index in [9.17, 15) is 17.3 Å². The Morgan fingerprint density at radius 3 is 0.870 bits per heavy atom. The maximum absolute atomic E-state index is 9.75. The number of rotatable bonds is 11. The molecule has 0 heterocycles. The maximum Gasteiger partial charge on any atom is -0.000884 e. The smallest absolute Gasteiger partial charge is 0.000884 e. The molecule has 10 aromatic rings. The molecule has 0 atom stereocenters. The fourth-order valence-corrected chi connectivity index (χ4v) is 15.4. The Labute approximate surface area is 420 Å². The molecular formula is C58H48BClF4NP3Ru-. The van der Waals surface area contributed by atoms with Gasteiger partial charge in [-0.05, 0) is 112 Å². The van der Waals surface area contributed by atoms with Crippen LogP contribution in [0.25, 0.3) is 32.7 Å². The Bertz CT molecular complexity index is 2820. The minimum absolute atomic E-state index is 0.276. The van der Waals surface area contributed by atoms with E-state index >= 15 is 0 Å². The first-order valence-corrected chi connectivity index (χ1v) is 28.7. The van der Waals surface area contributed by atoms with Gasteiger partial charge in [-0.1, -0.05) is 255 Å². The quantitative estimate of drug-likeness (QED) is 0.0780. The predicted molar refractivity (Wildman–Crippen MR) is 293 cm³/mol. The first-order chi connectivity index (χ1) is 33.8. The molecule has 0 aliphatic carbocycles. The Morgan fingerprint density at radius 1 is 0.348 bits per heavy atom. The van der Waals surface area contributed by atoms with Crippen LogP contribution < -0.4 is 48.2 Å². The van der Waals surface area contributed by atoms with E-state index in [0.717, 1.165) is 12.7 Å². The number of nitrogens with two attached hydrogens (primary N) is 1. The average Bonchev–Trinajstić information content (AvgIpc) is 3.40. The summed E-state index contributed by atoms with van der Waals surface area (Å²) in [5.41, 5.74) is 8.42. The van der Waals surface area contributed by atoms with Gasteiger partial charge in [-0.15, -0.1) is 0 Å². The van der Waals surface area contributed by atoms with Gasteiger partial charge >= 0.3 is 34.3 Å². The van der Waals surface area contributed by atoms with Crippen molar-refractivity contribution in [1.29, 1.82) is 0 Å². The summed E-state index contributed by atoms with van der Waals surface area (Å²) in [7, 11) is -3.41. The van der Waals surface area contributed by atoms with Crippen LogP contribution in [-0.4, -0.2) is 20.0 Å². The Balaban J connectivity index is 0.000000253. The molecule has 0 saturated carbocycles. The van der Waals surface area contributed by atoms with Crippen LogP contribution in [-0.2, 0) is 17.3 Å². The van der Waals surface area contributed by atoms with Gasteiger partial charge in [-0.3, -0.25) is 0 Å². The fourth-order valence-electron chi connectivity index (χ4n) is 8.33. The molecule has 69 heavy (non-hydrogen) atoms. The molecule has 0 amide bonds. The molecule has 0 aromatic heterocycles. The SMILES string of the molecule is F[B-](F)(F)F.NCCP(c1ccccc1)c1ccccc1.[Cl][Ru].c1ccc(P(c2ccccc2)c2ccc3ccccc3c2-c2c(P(c3ccccc3)c3ccccc3)ccc3ccccc23)cc1. The van der Waals surface area contributed by atoms with Crippen LogP contribution in [0.4, 0.5) is 17.3 Å². The number of benzene rings is 10. The summed E-state index contributed by atoms with van der Waals surface area (Å²) in [5.74, 6) is 0. The second-order valence-corrected chi connectivity index (χ2v) is 22.2. The van der Waals surface area contributed by atoms with E-state index in [4.69, 9.17) is 5.73 Å². The van der Waals surface area contributed by atoms with Gasteiger partial charge in [0, 0.05) is 0 Å². The number of hydrogen-bond acceptors (Lipinski definition) is 1. The van der Waals surface area contributed by atoms with Crippen LogP contribution in [0, 0.1) is 0 Å². The third-order valence-electron chi connectivity index (χ3n) is 11.1. The van der Waals surface area contributed by atoms with Gasteiger partial charge in [0.05, 0.1) is 0 Å². The van der Waals surface area contributed by atoms with Crippen LogP contribution >= 0.6 is 33.5 Å². The molecule has 0 aliphatic rings. The largest absolute Gasteiger partial charge is 0.0622 e. The number of hydrogen-bond donors (Lipinski definition) is 1. The Hall–Kier alpha value is -5.33. The second-order valence-electron chi connectivity index (χ2n) is 15.5. The summed E-state index contributed by atoms with van der Waals surface area (Å²) in [6.45, 7) is 0.746. The third kappa shape index (κ3) is 13.7. The van der Waals surface area contributed by atoms with Crippen molar-refractivity contribution < 1.29 is 34.6 Å². The Morgan fingerprint density at radius 2 is 0.594 bits per heavy atom. The summed E-state index contributed by atoms with van der Waals surface area (Å²) in [6.07, 6.45) is 1.06. The summed E-state index contributed by atoms with van der Waals surface area (Å²) in [6, 6.07) is 93.2. The van der Waals surface area contributed by atoms with Gasteiger partial charge in [0.2, 0.25) is 0 Å². The van der Waals surface area contributed by atoms with Crippen molar-refractivity contribution in [3.63, 3.8) is 0 Å². The Kier molecular flexibility index (Phi) is 19.4. The van der Waals surface area contributed by atoms with E-state index < -0.39 is 23.1 Å². The minimum Gasteiger partial charge on any atom is -0.0622 e. The zero-order valence-corrected chi connectivity index (χ0v) is 42.6. The zero-order valence-electron chi connectivity index (χ0n) is 37.4. The van der Waals surface area contributed by atoms with Crippen molar-refractivity contribution in [2.45, 2.75) is 0 Å². The summed E-state index contributed by atoms with van der Waals surface area (Å²) >= 11 is 1.82. The molecular weight excluding hydrogens is 1030 g/mol. The predicted octanol–water partition coefficient (Wildman–Crippen LogP) is 13.2. The van der Waals surface area contributed by atoms with Crippen molar-refractivity contribution >= 4 is 105 Å². The van der Waals surface area contributed by atoms with Crippen LogP contribution in [0.15, 0.2) is 255 Å². The summed E-state index contributed by atoms with van der Waals surface area (Å²) in [4.78, 5) is 0. The molecule has 0 bridgehead atoms. The third-order valence-corrected chi connectivity index (χ3v) is 18.6. The fraction of sp³-hybridized carbons (Fsp3) is 0.0345. The van der Waals surface area contributed by atoms with Crippen LogP contribution in [0.1, 0.15) is 0 Å². The molecule has 2 N–H and O–H groups in total. The van der Waals surface area contributed by atoms with Gasteiger partial charge in [-0.25, -0.2) is 0 Å². The van der Waals surface area contributed by atoms with Crippen LogP contribution in [0.3, 0.4) is 0 Å². The zero-order chi connectivity index (χ0) is 48.4. The van der Waals surface area contributed by atoms with Gasteiger partial charge < -0.3 is 23.0 Å². The van der Waals surface area contributed by atoms with Crippen molar-refractivity contribution in [2.24, 2.45) is 5.73 Å². The molecule has 10 rings (SSSR count). The molecule has 0 unspecified atom stereocenters. The van der Waals surface area contributed by atoms with Crippen molar-refractivity contribution in [3.8, 4) is 11.1 Å². The van der Waals surface area contributed by atoms with E-state index in [1.807, 2.05) is 17.3 Å². The van der Waals surface area contributed by atoms with Gasteiger partial charge in [0.1, 0.15) is 0 Å². The summed E-state index contributed by atoms with van der Waals surface area (Å²) in [5, 5.41) is 16.2. The standard InChI is InChI=1S/C44H32P2.C14H16NP.BF4.ClH.Ru/c1-5-19-35(20-6-1)45(36-21-7-2-8-22-36)41-31-29-33-17-13-15-27-39(33)43(41)44-40-28-16-14-18-34(40)30-32-42(44)46(37-23-9-3-10-24-37)38-25-11-4-12-26-38;15-11-12-16(13-7-3-1-4-8-13)14-9-5-2-6-10-14;2-1(3,4)5;;/h1-32H;1-10H,11-12,15H2;;1H;/q;;-1;;+1/p-1. The maximum atomic E-state index is 9.75. The van der Waals surface area contributed by atoms with E-state index in [1.54, 1.807) is 0 Å². The normalized spacial score (nSPS) is 11.0. The van der Waals surface area contributed by atoms with Crippen molar-refractivity contribution in [1.82, 2.24) is 0 Å². The molecule has 347 valence electrons. The van der Waals surface area contributed by atoms with Crippen LogP contribution in [0.2, 0.25) is 0 Å². The van der Waals surface area contributed by atoms with Crippen molar-refractivity contribution in [3.05, 3.63) is 255 Å². The topological polar surface area (TPSA) is 26.0 Å².